The van der Waals surface area contributed by atoms with Crippen LogP contribution in [0.5, 0.6) is 0 Å². The van der Waals surface area contributed by atoms with Gasteiger partial charge in [0.1, 0.15) is 5.01 Å². The standard InChI is InChI=1S/C14H16N2OS2/c1-3-10-8-15-14(19-10)9(2)16-13(17)11-6-4-5-7-12(11)18/h4-9,18H,3H2,1-2H3,(H,16,17). The lowest BCUT2D eigenvalue weighted by Crippen LogP contribution is -2.26. The molecule has 0 saturated carbocycles. The van der Waals surface area contributed by atoms with Crippen molar-refractivity contribution in [1.29, 1.82) is 0 Å². The van der Waals surface area contributed by atoms with E-state index in [0.717, 1.165) is 11.4 Å². The van der Waals surface area contributed by atoms with Crippen molar-refractivity contribution in [3.05, 3.63) is 45.9 Å². The minimum absolute atomic E-state index is 0.0919. The van der Waals surface area contributed by atoms with Crippen LogP contribution in [-0.4, -0.2) is 10.9 Å². The summed E-state index contributed by atoms with van der Waals surface area (Å²) in [5.74, 6) is -0.119. The third-order valence-corrected chi connectivity index (χ3v) is 4.50. The van der Waals surface area contributed by atoms with Crippen LogP contribution in [0.3, 0.4) is 0 Å². The van der Waals surface area contributed by atoms with Gasteiger partial charge in [-0.05, 0) is 25.5 Å². The average molecular weight is 292 g/mol. The fraction of sp³-hybridized carbons (Fsp3) is 0.286. The van der Waals surface area contributed by atoms with Crippen LogP contribution in [0.15, 0.2) is 35.4 Å². The van der Waals surface area contributed by atoms with Crippen molar-refractivity contribution >= 4 is 29.9 Å². The molecule has 1 heterocycles. The Labute approximate surface area is 122 Å². The predicted octanol–water partition coefficient (Wildman–Crippen LogP) is 3.49. The summed E-state index contributed by atoms with van der Waals surface area (Å²) in [5.41, 5.74) is 0.588. The van der Waals surface area contributed by atoms with Crippen molar-refractivity contribution in [2.45, 2.75) is 31.2 Å². The summed E-state index contributed by atoms with van der Waals surface area (Å²) in [4.78, 5) is 18.4. The van der Waals surface area contributed by atoms with Crippen LogP contribution in [0.25, 0.3) is 0 Å². The highest BCUT2D eigenvalue weighted by Gasteiger charge is 2.15. The van der Waals surface area contributed by atoms with E-state index >= 15 is 0 Å². The van der Waals surface area contributed by atoms with Crippen molar-refractivity contribution in [2.24, 2.45) is 0 Å². The molecular formula is C14H16N2OS2. The Morgan fingerprint density at radius 1 is 1.47 bits per heavy atom. The summed E-state index contributed by atoms with van der Waals surface area (Å²) in [7, 11) is 0. The number of hydrogen-bond donors (Lipinski definition) is 2. The van der Waals surface area contributed by atoms with Crippen LogP contribution in [0.1, 0.15) is 40.1 Å². The molecule has 100 valence electrons. The number of aromatic nitrogens is 1. The molecule has 1 unspecified atom stereocenters. The SMILES string of the molecule is CCc1cnc(C(C)NC(=O)c2ccccc2S)s1. The van der Waals surface area contributed by atoms with E-state index in [9.17, 15) is 4.79 Å². The molecule has 2 rings (SSSR count). The minimum atomic E-state index is -0.119. The second kappa shape index (κ2) is 6.21. The normalized spacial score (nSPS) is 12.2. The number of thiol groups is 1. The van der Waals surface area contributed by atoms with Gasteiger partial charge in [-0.2, -0.15) is 0 Å². The maximum Gasteiger partial charge on any atom is 0.252 e. The van der Waals surface area contributed by atoms with Gasteiger partial charge in [0, 0.05) is 16.0 Å². The number of rotatable bonds is 4. The van der Waals surface area contributed by atoms with Crippen LogP contribution in [0.2, 0.25) is 0 Å². The first-order valence-corrected chi connectivity index (χ1v) is 7.41. The number of nitrogens with one attached hydrogen (secondary N) is 1. The van der Waals surface area contributed by atoms with Gasteiger partial charge < -0.3 is 5.32 Å². The van der Waals surface area contributed by atoms with Crippen LogP contribution < -0.4 is 5.32 Å². The van der Waals surface area contributed by atoms with E-state index in [0.29, 0.717) is 10.5 Å². The zero-order chi connectivity index (χ0) is 13.8. The van der Waals surface area contributed by atoms with E-state index in [4.69, 9.17) is 0 Å². The third kappa shape index (κ3) is 3.36. The van der Waals surface area contributed by atoms with E-state index < -0.39 is 0 Å². The number of nitrogens with zero attached hydrogens (tertiary/aromatic N) is 1. The second-order valence-electron chi connectivity index (χ2n) is 4.23. The van der Waals surface area contributed by atoms with E-state index in [1.165, 1.54) is 4.88 Å². The van der Waals surface area contributed by atoms with Crippen molar-refractivity contribution in [3.8, 4) is 0 Å². The zero-order valence-corrected chi connectivity index (χ0v) is 12.6. The van der Waals surface area contributed by atoms with Gasteiger partial charge in [-0.15, -0.1) is 24.0 Å². The summed E-state index contributed by atoms with van der Waals surface area (Å²) < 4.78 is 0. The number of amides is 1. The van der Waals surface area contributed by atoms with Gasteiger partial charge >= 0.3 is 0 Å². The predicted molar refractivity (Wildman–Crippen MR) is 81.1 cm³/mol. The van der Waals surface area contributed by atoms with Crippen molar-refractivity contribution in [3.63, 3.8) is 0 Å². The Morgan fingerprint density at radius 2 is 2.21 bits per heavy atom. The first-order valence-electron chi connectivity index (χ1n) is 6.15. The summed E-state index contributed by atoms with van der Waals surface area (Å²) in [6.07, 6.45) is 2.84. The second-order valence-corrected chi connectivity index (χ2v) is 5.86. The molecule has 1 atom stereocenters. The van der Waals surface area contributed by atoms with E-state index in [-0.39, 0.29) is 11.9 Å². The number of benzene rings is 1. The van der Waals surface area contributed by atoms with Crippen LogP contribution in [-0.2, 0) is 6.42 Å². The molecule has 1 amide bonds. The Kier molecular flexibility index (Phi) is 4.61. The maximum absolute atomic E-state index is 12.1. The molecule has 0 radical (unpaired) electrons. The van der Waals surface area contributed by atoms with Crippen molar-refractivity contribution in [2.75, 3.05) is 0 Å². The first kappa shape index (κ1) is 14.1. The molecule has 3 nitrogen and oxygen atoms in total. The smallest absolute Gasteiger partial charge is 0.252 e. The Balaban J connectivity index is 2.08. The summed E-state index contributed by atoms with van der Waals surface area (Å²) in [6.45, 7) is 4.04. The maximum atomic E-state index is 12.1. The number of carbonyl (C=O) groups excluding carboxylic acids is 1. The quantitative estimate of drug-likeness (QED) is 0.847. The number of hydrogen-bond acceptors (Lipinski definition) is 4. The Hall–Kier alpha value is -1.33. The fourth-order valence-electron chi connectivity index (χ4n) is 1.69. The largest absolute Gasteiger partial charge is 0.343 e. The molecule has 0 aliphatic heterocycles. The molecule has 1 aromatic heterocycles. The molecule has 5 heteroatoms. The lowest BCUT2D eigenvalue weighted by molar-refractivity contribution is 0.0937. The number of aryl methyl sites for hydroxylation is 1. The summed E-state index contributed by atoms with van der Waals surface area (Å²) in [6, 6.07) is 7.17. The Morgan fingerprint density at radius 3 is 2.84 bits per heavy atom. The van der Waals surface area contributed by atoms with E-state index in [1.54, 1.807) is 23.5 Å². The molecule has 0 bridgehead atoms. The zero-order valence-electron chi connectivity index (χ0n) is 10.9. The topological polar surface area (TPSA) is 42.0 Å². The van der Waals surface area contributed by atoms with Gasteiger partial charge in [0.05, 0.1) is 11.6 Å². The molecule has 0 fully saturated rings. The van der Waals surface area contributed by atoms with Crippen molar-refractivity contribution in [1.82, 2.24) is 10.3 Å². The lowest BCUT2D eigenvalue weighted by atomic mass is 10.2. The lowest BCUT2D eigenvalue weighted by Gasteiger charge is -2.12. The van der Waals surface area contributed by atoms with Crippen LogP contribution >= 0.6 is 24.0 Å². The third-order valence-electron chi connectivity index (χ3n) is 2.79. The number of carbonyl (C=O) groups is 1. The highest BCUT2D eigenvalue weighted by Crippen LogP contribution is 2.21. The van der Waals surface area contributed by atoms with Crippen molar-refractivity contribution < 1.29 is 4.79 Å². The first-order chi connectivity index (χ1) is 9.11. The molecule has 19 heavy (non-hydrogen) atoms. The summed E-state index contributed by atoms with van der Waals surface area (Å²) >= 11 is 5.93. The molecule has 0 saturated heterocycles. The van der Waals surface area contributed by atoms with E-state index in [2.05, 4.69) is 29.9 Å². The molecule has 0 aliphatic rings. The van der Waals surface area contributed by atoms with Crippen LogP contribution in [0.4, 0.5) is 0 Å². The molecule has 0 spiro atoms. The monoisotopic (exact) mass is 292 g/mol. The van der Waals surface area contributed by atoms with Gasteiger partial charge in [0.15, 0.2) is 0 Å². The van der Waals surface area contributed by atoms with Gasteiger partial charge in [-0.1, -0.05) is 19.1 Å². The average Bonchev–Trinajstić information content (AvgIpc) is 2.88. The Bertz CT molecular complexity index is 580. The van der Waals surface area contributed by atoms with Gasteiger partial charge in [0.25, 0.3) is 5.91 Å². The molecule has 1 aromatic carbocycles. The fourth-order valence-corrected chi connectivity index (χ4v) is 2.81. The van der Waals surface area contributed by atoms with Gasteiger partial charge in [-0.3, -0.25) is 4.79 Å². The highest BCUT2D eigenvalue weighted by atomic mass is 32.1. The van der Waals surface area contributed by atoms with Gasteiger partial charge in [0.2, 0.25) is 0 Å². The van der Waals surface area contributed by atoms with E-state index in [1.807, 2.05) is 25.3 Å². The van der Waals surface area contributed by atoms with Gasteiger partial charge in [-0.25, -0.2) is 4.98 Å². The summed E-state index contributed by atoms with van der Waals surface area (Å²) in [5, 5.41) is 3.88. The molecular weight excluding hydrogens is 276 g/mol. The number of thiazole rings is 1. The highest BCUT2D eigenvalue weighted by molar-refractivity contribution is 7.80. The molecule has 2 aromatic rings. The molecule has 1 N–H and O–H groups in total. The molecule has 0 aliphatic carbocycles. The van der Waals surface area contributed by atoms with Crippen LogP contribution in [0, 0.1) is 0 Å². The minimum Gasteiger partial charge on any atom is -0.343 e.